The lowest BCUT2D eigenvalue weighted by molar-refractivity contribution is -0.843. The Morgan fingerprint density at radius 2 is 1.19 bits per heavy atom. The predicted molar refractivity (Wildman–Crippen MR) is 123 cm³/mol. The van der Waals surface area contributed by atoms with Crippen LogP contribution < -0.4 is 10.6 Å². The van der Waals surface area contributed by atoms with Gasteiger partial charge >= 0.3 is 0 Å². The number of nitrogens with zero attached hydrogens (tertiary/aromatic N) is 2. The number of fused-ring (bicyclic) bond motifs is 2. The van der Waals surface area contributed by atoms with Gasteiger partial charge < -0.3 is 35.2 Å². The van der Waals surface area contributed by atoms with Crippen molar-refractivity contribution < 1.29 is 28.9 Å². The van der Waals surface area contributed by atoms with E-state index < -0.39 is 16.2 Å². The van der Waals surface area contributed by atoms with E-state index in [2.05, 4.69) is 17.7 Å². The highest BCUT2D eigenvalue weighted by atomic mass is 16.5. The van der Waals surface area contributed by atoms with E-state index in [9.17, 15) is 25.0 Å². The number of phenols is 2. The number of phenolic OH excluding ortho intramolecular Hbond substituents is 2. The quantitative estimate of drug-likeness (QED) is 0.182. The summed E-state index contributed by atoms with van der Waals surface area (Å²) in [6.07, 6.45) is 0. The highest BCUT2D eigenvalue weighted by Crippen LogP contribution is 2.42. The average Bonchev–Trinajstić information content (AvgIpc) is 2.66. The maximum absolute atomic E-state index is 13.4. The van der Waals surface area contributed by atoms with Crippen LogP contribution in [0.15, 0.2) is 24.3 Å². The minimum atomic E-state index is -0.571. The van der Waals surface area contributed by atoms with Gasteiger partial charge in [0.05, 0.1) is 62.5 Å². The lowest BCUT2D eigenvalue weighted by Crippen LogP contribution is -2.37. The zero-order chi connectivity index (χ0) is 23.8. The van der Waals surface area contributed by atoms with Crippen molar-refractivity contribution in [2.45, 2.75) is 0 Å². The first kappa shape index (κ1) is 23.5. The minimum absolute atomic E-state index is 0.105. The number of hydroxylamine groups is 3. The molecule has 0 aromatic heterocycles. The Balaban J connectivity index is 2.08. The van der Waals surface area contributed by atoms with E-state index >= 15 is 0 Å². The molecule has 0 atom stereocenters. The summed E-state index contributed by atoms with van der Waals surface area (Å²) in [4.78, 5) is 26.9. The number of aromatic hydroxyl groups is 2. The standard InChI is InChI=1S/C23H30N4O5/c1-26(2,3)12-10-24-14-6-7-15(25-11-13-27(4,5)32)19-18(14)22(30)20-16(28)8-9-17(29)21(20)23(19)31/h6-9,24-25,28-29H,1,10-13H2,2-5H3. The molecule has 0 amide bonds. The van der Waals surface area contributed by atoms with Gasteiger partial charge in [0.25, 0.3) is 0 Å². The van der Waals surface area contributed by atoms with Crippen molar-refractivity contribution in [1.82, 2.24) is 0 Å². The van der Waals surface area contributed by atoms with Gasteiger partial charge in [-0.2, -0.15) is 0 Å². The molecule has 2 aromatic carbocycles. The molecule has 0 saturated carbocycles. The third-order valence-corrected chi connectivity index (χ3v) is 5.27. The van der Waals surface area contributed by atoms with Gasteiger partial charge in [-0.3, -0.25) is 9.59 Å². The molecule has 3 rings (SSSR count). The Bertz CT molecular complexity index is 984. The van der Waals surface area contributed by atoms with Crippen LogP contribution in [0.25, 0.3) is 0 Å². The number of benzene rings is 2. The Morgan fingerprint density at radius 1 is 0.781 bits per heavy atom. The normalized spacial score (nSPS) is 13.6. The van der Waals surface area contributed by atoms with Crippen LogP contribution in [0.3, 0.4) is 0 Å². The van der Waals surface area contributed by atoms with E-state index in [4.69, 9.17) is 0 Å². The van der Waals surface area contributed by atoms with Crippen LogP contribution in [0.1, 0.15) is 31.8 Å². The second kappa shape index (κ2) is 8.42. The summed E-state index contributed by atoms with van der Waals surface area (Å²) >= 11 is 0. The molecule has 9 nitrogen and oxygen atoms in total. The van der Waals surface area contributed by atoms with Crippen molar-refractivity contribution in [1.29, 1.82) is 0 Å². The van der Waals surface area contributed by atoms with Gasteiger partial charge in [0, 0.05) is 25.5 Å². The van der Waals surface area contributed by atoms with Crippen LogP contribution >= 0.6 is 0 Å². The van der Waals surface area contributed by atoms with Gasteiger partial charge in [0.1, 0.15) is 11.5 Å². The highest BCUT2D eigenvalue weighted by molar-refractivity contribution is 6.33. The number of rotatable bonds is 8. The molecule has 32 heavy (non-hydrogen) atoms. The van der Waals surface area contributed by atoms with Crippen LogP contribution in [0.4, 0.5) is 11.4 Å². The SMILES string of the molecule is [CH2-][N+](C)(C)CCNc1ccc(NCC[N+](C)(C)[O-])c2c1C(=O)c1c(O)ccc(O)c1C2=O. The second-order valence-corrected chi connectivity index (χ2v) is 9.23. The van der Waals surface area contributed by atoms with E-state index in [1.807, 2.05) is 14.1 Å². The molecule has 0 saturated heterocycles. The number of hydrogen-bond acceptors (Lipinski definition) is 7. The Hall–Kier alpha value is -3.14. The number of carbonyl (C=O) groups is 2. The van der Waals surface area contributed by atoms with Gasteiger partial charge in [-0.25, -0.2) is 0 Å². The fraction of sp³-hybridized carbons (Fsp3) is 0.348. The highest BCUT2D eigenvalue weighted by Gasteiger charge is 2.38. The summed E-state index contributed by atoms with van der Waals surface area (Å²) in [5, 5.41) is 38.8. The van der Waals surface area contributed by atoms with Gasteiger partial charge in [-0.15, -0.1) is 7.05 Å². The number of likely N-dealkylation sites (N-methyl/N-ethyl adjacent to an activating group) is 2. The van der Waals surface area contributed by atoms with E-state index in [1.165, 1.54) is 26.2 Å². The number of quaternary nitrogens is 2. The molecule has 1 aliphatic rings. The first-order chi connectivity index (χ1) is 14.8. The summed E-state index contributed by atoms with van der Waals surface area (Å²) in [6.45, 7) is 1.69. The van der Waals surface area contributed by atoms with E-state index in [0.717, 1.165) is 0 Å². The third kappa shape index (κ3) is 4.85. The monoisotopic (exact) mass is 442 g/mol. The molecule has 2 aromatic rings. The largest absolute Gasteiger partial charge is 0.633 e. The Kier molecular flexibility index (Phi) is 6.19. The van der Waals surface area contributed by atoms with Crippen molar-refractivity contribution >= 4 is 22.9 Å². The van der Waals surface area contributed by atoms with E-state index in [-0.39, 0.29) is 46.8 Å². The zero-order valence-corrected chi connectivity index (χ0v) is 18.9. The first-order valence-corrected chi connectivity index (χ1v) is 10.3. The molecular formula is C23H30N4O5. The summed E-state index contributed by atoms with van der Waals surface area (Å²) in [5.74, 6) is -1.87. The van der Waals surface area contributed by atoms with Crippen molar-refractivity contribution in [2.75, 3.05) is 65.0 Å². The van der Waals surface area contributed by atoms with Gasteiger partial charge in [-0.05, 0) is 24.3 Å². The maximum atomic E-state index is 13.4. The van der Waals surface area contributed by atoms with Crippen LogP contribution in [0.5, 0.6) is 11.5 Å². The number of ketones is 2. The number of anilines is 2. The molecule has 1 aliphatic carbocycles. The molecule has 0 fully saturated rings. The van der Waals surface area contributed by atoms with Crippen LogP contribution in [0.2, 0.25) is 0 Å². The maximum Gasteiger partial charge on any atom is 0.200 e. The minimum Gasteiger partial charge on any atom is -0.633 e. The summed E-state index contributed by atoms with van der Waals surface area (Å²) in [5.41, 5.74) is 0.628. The summed E-state index contributed by atoms with van der Waals surface area (Å²) in [7, 11) is 10.9. The molecule has 9 heteroatoms. The fourth-order valence-electron chi connectivity index (χ4n) is 3.61. The lowest BCUT2D eigenvalue weighted by atomic mass is 9.81. The summed E-state index contributed by atoms with van der Waals surface area (Å²) < 4.78 is -0.0548. The average molecular weight is 443 g/mol. The molecule has 4 N–H and O–H groups in total. The number of nitrogens with one attached hydrogen (secondary N) is 2. The van der Waals surface area contributed by atoms with Gasteiger partial charge in [-0.1, -0.05) is 0 Å². The fourth-order valence-corrected chi connectivity index (χ4v) is 3.61. The topological polar surface area (TPSA) is 122 Å². The third-order valence-electron chi connectivity index (χ3n) is 5.27. The molecular weight excluding hydrogens is 412 g/mol. The first-order valence-electron chi connectivity index (χ1n) is 10.3. The van der Waals surface area contributed by atoms with Crippen molar-refractivity contribution in [3.63, 3.8) is 0 Å². The van der Waals surface area contributed by atoms with Crippen LogP contribution in [-0.2, 0) is 0 Å². The molecule has 0 unspecified atom stereocenters. The van der Waals surface area contributed by atoms with Crippen molar-refractivity contribution in [3.05, 3.63) is 58.8 Å². The predicted octanol–water partition coefficient (Wildman–Crippen LogP) is 2.14. The zero-order valence-electron chi connectivity index (χ0n) is 18.9. The molecule has 0 bridgehead atoms. The molecule has 0 aliphatic heterocycles. The molecule has 0 radical (unpaired) electrons. The van der Waals surface area contributed by atoms with Gasteiger partial charge in [0.2, 0.25) is 11.6 Å². The smallest absolute Gasteiger partial charge is 0.200 e. The summed E-state index contributed by atoms with van der Waals surface area (Å²) in [6, 6.07) is 5.74. The van der Waals surface area contributed by atoms with E-state index in [0.29, 0.717) is 28.9 Å². The van der Waals surface area contributed by atoms with Crippen LogP contribution in [0, 0.1) is 12.3 Å². The van der Waals surface area contributed by atoms with Crippen molar-refractivity contribution in [2.24, 2.45) is 0 Å². The number of carbonyl (C=O) groups excluding carboxylic acids is 2. The number of hydrogen-bond donors (Lipinski definition) is 4. The van der Waals surface area contributed by atoms with E-state index in [1.54, 1.807) is 12.1 Å². The van der Waals surface area contributed by atoms with Crippen molar-refractivity contribution in [3.8, 4) is 11.5 Å². The lowest BCUT2D eigenvalue weighted by Gasteiger charge is -2.34. The van der Waals surface area contributed by atoms with Crippen LogP contribution in [-0.4, -0.2) is 85.3 Å². The van der Waals surface area contributed by atoms with Gasteiger partial charge in [0.15, 0.2) is 0 Å². The molecule has 0 heterocycles. The molecule has 172 valence electrons. The Morgan fingerprint density at radius 3 is 1.56 bits per heavy atom. The Labute approximate surface area is 187 Å². The molecule has 0 spiro atoms. The second-order valence-electron chi connectivity index (χ2n) is 9.23.